The Bertz CT molecular complexity index is 1030. The molecule has 0 bridgehead atoms. The summed E-state index contributed by atoms with van der Waals surface area (Å²) in [5, 5.41) is 15.0. The summed E-state index contributed by atoms with van der Waals surface area (Å²) in [4.78, 5) is 25.1. The first-order chi connectivity index (χ1) is 13.5. The molecule has 0 unspecified atom stereocenters. The molecule has 0 radical (unpaired) electrons. The number of carbonyl (C=O) groups excluding carboxylic acids is 2. The van der Waals surface area contributed by atoms with Crippen LogP contribution in [0.5, 0.6) is 11.5 Å². The van der Waals surface area contributed by atoms with Gasteiger partial charge in [-0.1, -0.05) is 24.3 Å². The summed E-state index contributed by atoms with van der Waals surface area (Å²) >= 11 is 0. The fourth-order valence-electron chi connectivity index (χ4n) is 2.82. The Morgan fingerprint density at radius 3 is 2.21 bits per heavy atom. The fourth-order valence-corrected chi connectivity index (χ4v) is 2.82. The number of phenols is 1. The third-order valence-corrected chi connectivity index (χ3v) is 4.13. The Hall–Kier alpha value is -3.81. The molecular formula is C20H18N2O6. The number of phenolic OH excluding ortho intramolecular Hbond substituents is 1. The number of hydrogen-bond acceptors (Lipinski definition) is 7. The molecule has 28 heavy (non-hydrogen) atoms. The summed E-state index contributed by atoms with van der Waals surface area (Å²) in [6, 6.07) is 13.5. The number of hydrogen-bond donors (Lipinski definition) is 1. The van der Waals surface area contributed by atoms with E-state index in [2.05, 4.69) is 5.10 Å². The number of esters is 2. The van der Waals surface area contributed by atoms with Crippen LogP contribution in [0.15, 0.2) is 48.5 Å². The van der Waals surface area contributed by atoms with E-state index in [0.717, 1.165) is 0 Å². The van der Waals surface area contributed by atoms with Crippen molar-refractivity contribution in [2.24, 2.45) is 0 Å². The minimum Gasteiger partial charge on any atom is -0.504 e. The lowest BCUT2D eigenvalue weighted by atomic mass is 10.0. The number of benzene rings is 2. The summed E-state index contributed by atoms with van der Waals surface area (Å²) in [6.07, 6.45) is 0. The highest BCUT2D eigenvalue weighted by Crippen LogP contribution is 2.39. The van der Waals surface area contributed by atoms with E-state index in [-0.39, 0.29) is 34.0 Å². The largest absolute Gasteiger partial charge is 0.504 e. The molecule has 0 aliphatic heterocycles. The van der Waals surface area contributed by atoms with Crippen molar-refractivity contribution in [3.63, 3.8) is 0 Å². The number of aromatic hydroxyl groups is 1. The summed E-state index contributed by atoms with van der Waals surface area (Å²) < 4.78 is 16.1. The molecule has 1 N–H and O–H groups in total. The van der Waals surface area contributed by atoms with Crippen molar-refractivity contribution in [2.45, 2.75) is 0 Å². The third-order valence-electron chi connectivity index (χ3n) is 4.13. The molecule has 144 valence electrons. The van der Waals surface area contributed by atoms with Crippen LogP contribution in [-0.2, 0) is 9.47 Å². The van der Waals surface area contributed by atoms with Crippen molar-refractivity contribution < 1.29 is 28.9 Å². The van der Waals surface area contributed by atoms with Gasteiger partial charge < -0.3 is 19.3 Å². The van der Waals surface area contributed by atoms with Gasteiger partial charge in [-0.2, -0.15) is 5.10 Å². The van der Waals surface area contributed by atoms with Crippen LogP contribution in [0, 0.1) is 0 Å². The van der Waals surface area contributed by atoms with Crippen molar-refractivity contribution in [3.8, 4) is 28.4 Å². The molecule has 0 amide bonds. The predicted octanol–water partition coefficient (Wildman–Crippen LogP) is 2.83. The van der Waals surface area contributed by atoms with Gasteiger partial charge in [0.15, 0.2) is 17.2 Å². The van der Waals surface area contributed by atoms with Gasteiger partial charge in [-0.05, 0) is 24.3 Å². The van der Waals surface area contributed by atoms with E-state index in [4.69, 9.17) is 14.2 Å². The molecule has 8 heteroatoms. The molecule has 0 atom stereocenters. The van der Waals surface area contributed by atoms with E-state index < -0.39 is 11.9 Å². The lowest BCUT2D eigenvalue weighted by Crippen LogP contribution is -2.15. The lowest BCUT2D eigenvalue weighted by Gasteiger charge is -2.08. The Labute approximate surface area is 160 Å². The highest BCUT2D eigenvalue weighted by atomic mass is 16.5. The van der Waals surface area contributed by atoms with Crippen LogP contribution < -0.4 is 4.74 Å². The van der Waals surface area contributed by atoms with Gasteiger partial charge >= 0.3 is 11.9 Å². The van der Waals surface area contributed by atoms with Gasteiger partial charge in [0.05, 0.1) is 27.0 Å². The number of nitrogens with zero attached hydrogens (tertiary/aromatic N) is 2. The second-order valence-corrected chi connectivity index (χ2v) is 5.66. The maximum atomic E-state index is 12.6. The van der Waals surface area contributed by atoms with E-state index in [0.29, 0.717) is 5.69 Å². The molecule has 8 nitrogen and oxygen atoms in total. The average Bonchev–Trinajstić information content (AvgIpc) is 3.13. The summed E-state index contributed by atoms with van der Waals surface area (Å²) in [5.41, 5.74) is 0.563. The van der Waals surface area contributed by atoms with Gasteiger partial charge in [0.1, 0.15) is 11.3 Å². The molecule has 0 saturated heterocycles. The van der Waals surface area contributed by atoms with Crippen LogP contribution in [0.3, 0.4) is 0 Å². The van der Waals surface area contributed by atoms with E-state index in [9.17, 15) is 14.7 Å². The van der Waals surface area contributed by atoms with Gasteiger partial charge in [0.25, 0.3) is 0 Å². The van der Waals surface area contributed by atoms with Gasteiger partial charge in [-0.25, -0.2) is 14.3 Å². The maximum absolute atomic E-state index is 12.6. The third kappa shape index (κ3) is 3.16. The number of ether oxygens (including phenoxy) is 3. The predicted molar refractivity (Wildman–Crippen MR) is 99.9 cm³/mol. The molecule has 0 aliphatic carbocycles. The van der Waals surface area contributed by atoms with Crippen molar-refractivity contribution in [3.05, 3.63) is 59.8 Å². The molecule has 1 heterocycles. The zero-order chi connectivity index (χ0) is 20.3. The quantitative estimate of drug-likeness (QED) is 0.677. The highest BCUT2D eigenvalue weighted by molar-refractivity contribution is 6.07. The highest BCUT2D eigenvalue weighted by Gasteiger charge is 2.32. The monoisotopic (exact) mass is 382 g/mol. The van der Waals surface area contributed by atoms with Crippen LogP contribution in [0.2, 0.25) is 0 Å². The van der Waals surface area contributed by atoms with Crippen LogP contribution in [0.4, 0.5) is 0 Å². The van der Waals surface area contributed by atoms with Crippen LogP contribution in [0.1, 0.15) is 20.8 Å². The molecule has 0 saturated carbocycles. The number of rotatable bonds is 5. The molecule has 0 fully saturated rings. The first-order valence-corrected chi connectivity index (χ1v) is 8.24. The molecule has 1 aromatic heterocycles. The smallest absolute Gasteiger partial charge is 0.357 e. The van der Waals surface area contributed by atoms with Crippen molar-refractivity contribution >= 4 is 11.9 Å². The fraction of sp³-hybridized carbons (Fsp3) is 0.150. The number of para-hydroxylation sites is 2. The number of methoxy groups -OCH3 is 3. The Kier molecular flexibility index (Phi) is 5.30. The molecule has 3 rings (SSSR count). The Morgan fingerprint density at radius 2 is 1.61 bits per heavy atom. The molecular weight excluding hydrogens is 364 g/mol. The molecule has 3 aromatic rings. The summed E-state index contributed by atoms with van der Waals surface area (Å²) in [7, 11) is 3.80. The Morgan fingerprint density at radius 1 is 0.929 bits per heavy atom. The van der Waals surface area contributed by atoms with Crippen LogP contribution in [0.25, 0.3) is 16.9 Å². The zero-order valence-corrected chi connectivity index (χ0v) is 15.5. The SMILES string of the molecule is COC(=O)c1c(-c2cccc(OC)c2O)nn(-c2ccccc2)c1C(=O)OC. The van der Waals surface area contributed by atoms with E-state index in [1.54, 1.807) is 48.5 Å². The zero-order valence-electron chi connectivity index (χ0n) is 15.5. The van der Waals surface area contributed by atoms with Crippen molar-refractivity contribution in [2.75, 3.05) is 21.3 Å². The van der Waals surface area contributed by atoms with Gasteiger partial charge in [-0.15, -0.1) is 0 Å². The summed E-state index contributed by atoms with van der Waals surface area (Å²) in [6.45, 7) is 0. The second kappa shape index (κ2) is 7.83. The van der Waals surface area contributed by atoms with Gasteiger partial charge in [0.2, 0.25) is 0 Å². The Balaban J connectivity index is 2.39. The molecule has 0 spiro atoms. The molecule has 2 aromatic carbocycles. The second-order valence-electron chi connectivity index (χ2n) is 5.66. The molecule has 0 aliphatic rings. The first kappa shape index (κ1) is 19.0. The van der Waals surface area contributed by atoms with E-state index >= 15 is 0 Å². The van der Waals surface area contributed by atoms with Crippen LogP contribution >= 0.6 is 0 Å². The lowest BCUT2D eigenvalue weighted by molar-refractivity contribution is 0.0549. The van der Waals surface area contributed by atoms with Crippen molar-refractivity contribution in [1.82, 2.24) is 9.78 Å². The van der Waals surface area contributed by atoms with Gasteiger partial charge in [-0.3, -0.25) is 0 Å². The average molecular weight is 382 g/mol. The summed E-state index contributed by atoms with van der Waals surface area (Å²) in [5.74, 6) is -1.59. The topological polar surface area (TPSA) is 99.9 Å². The minimum absolute atomic E-state index is 0.0625. The van der Waals surface area contributed by atoms with E-state index in [1.807, 2.05) is 0 Å². The maximum Gasteiger partial charge on any atom is 0.357 e. The number of aromatic nitrogens is 2. The minimum atomic E-state index is -0.792. The first-order valence-electron chi connectivity index (χ1n) is 8.24. The van der Waals surface area contributed by atoms with Crippen molar-refractivity contribution in [1.29, 1.82) is 0 Å². The van der Waals surface area contributed by atoms with E-state index in [1.165, 1.54) is 26.0 Å². The normalized spacial score (nSPS) is 10.4. The number of carbonyl (C=O) groups is 2. The standard InChI is InChI=1S/C20H18N2O6/c1-26-14-11-7-10-13(18(14)23)16-15(19(24)27-2)17(20(25)28-3)22(21-16)12-8-5-4-6-9-12/h4-11,23H,1-3H3. The van der Waals surface area contributed by atoms with Crippen LogP contribution in [-0.4, -0.2) is 48.2 Å². The van der Waals surface area contributed by atoms with Gasteiger partial charge in [0, 0.05) is 5.56 Å².